The third-order valence-electron chi connectivity index (χ3n) is 5.12. The first-order valence-corrected chi connectivity index (χ1v) is 9.41. The van der Waals surface area contributed by atoms with Crippen molar-refractivity contribution in [1.29, 1.82) is 0 Å². The smallest absolute Gasteiger partial charge is 0.254 e. The van der Waals surface area contributed by atoms with Crippen LogP contribution in [0.1, 0.15) is 34.3 Å². The summed E-state index contributed by atoms with van der Waals surface area (Å²) in [5.41, 5.74) is 4.20. The number of aromatic amines is 1. The summed E-state index contributed by atoms with van der Waals surface area (Å²) in [6.07, 6.45) is 3.93. The Morgan fingerprint density at radius 1 is 1.11 bits per heavy atom. The first-order valence-electron chi connectivity index (χ1n) is 9.41. The third kappa shape index (κ3) is 3.72. The lowest BCUT2D eigenvalue weighted by Gasteiger charge is -2.15. The van der Waals surface area contributed by atoms with Crippen molar-refractivity contribution in [3.05, 3.63) is 71.4 Å². The second-order valence-corrected chi connectivity index (χ2v) is 6.95. The summed E-state index contributed by atoms with van der Waals surface area (Å²) in [4.78, 5) is 29.5. The van der Waals surface area contributed by atoms with Gasteiger partial charge in [-0.1, -0.05) is 36.4 Å². The van der Waals surface area contributed by atoms with E-state index in [1.807, 2.05) is 47.5 Å². The molecule has 1 aliphatic rings. The molecule has 2 heterocycles. The molecule has 0 spiro atoms. The largest absolute Gasteiger partial charge is 0.361 e. The summed E-state index contributed by atoms with van der Waals surface area (Å²) in [6, 6.07) is 15.9. The van der Waals surface area contributed by atoms with Gasteiger partial charge in [-0.15, -0.1) is 0 Å². The zero-order valence-electron chi connectivity index (χ0n) is 15.2. The number of carbonyl (C=O) groups excluding carboxylic acids is 2. The normalized spacial score (nSPS) is 13.2. The van der Waals surface area contributed by atoms with Crippen LogP contribution in [0.2, 0.25) is 0 Å². The van der Waals surface area contributed by atoms with E-state index in [0.29, 0.717) is 32.5 Å². The molecule has 1 aliphatic heterocycles. The summed E-state index contributed by atoms with van der Waals surface area (Å²) < 4.78 is 0. The van der Waals surface area contributed by atoms with Crippen molar-refractivity contribution < 1.29 is 9.59 Å². The van der Waals surface area contributed by atoms with Gasteiger partial charge >= 0.3 is 0 Å². The topological polar surface area (TPSA) is 65.2 Å². The van der Waals surface area contributed by atoms with E-state index in [4.69, 9.17) is 0 Å². The van der Waals surface area contributed by atoms with Crippen molar-refractivity contribution in [3.8, 4) is 0 Å². The predicted octanol–water partition coefficient (Wildman–Crippen LogP) is 3.26. The van der Waals surface area contributed by atoms with Crippen LogP contribution < -0.4 is 5.32 Å². The molecule has 3 aromatic rings. The van der Waals surface area contributed by atoms with Gasteiger partial charge in [0, 0.05) is 48.7 Å². The lowest BCUT2D eigenvalue weighted by Crippen LogP contribution is -2.28. The Bertz CT molecular complexity index is 976. The van der Waals surface area contributed by atoms with E-state index < -0.39 is 0 Å². The molecule has 5 nitrogen and oxygen atoms in total. The lowest BCUT2D eigenvalue weighted by molar-refractivity contribution is -0.121. The minimum Gasteiger partial charge on any atom is -0.361 e. The standard InChI is InChI=1S/C22H23N3O2/c26-21(23-12-11-16-14-24-20-9-4-3-7-18(16)20)10-5-13-25-15-17-6-1-2-8-19(17)22(25)27/h1-4,6-9,14,24H,5,10-13,15H2,(H,23,26). The molecule has 5 heteroatoms. The molecule has 0 atom stereocenters. The van der Waals surface area contributed by atoms with Crippen LogP contribution in [0.4, 0.5) is 0 Å². The van der Waals surface area contributed by atoms with Crippen molar-refractivity contribution in [1.82, 2.24) is 15.2 Å². The van der Waals surface area contributed by atoms with E-state index in [0.717, 1.165) is 23.1 Å². The second-order valence-electron chi connectivity index (χ2n) is 6.95. The number of hydrogen-bond acceptors (Lipinski definition) is 2. The highest BCUT2D eigenvalue weighted by Gasteiger charge is 2.26. The highest BCUT2D eigenvalue weighted by Crippen LogP contribution is 2.22. The zero-order chi connectivity index (χ0) is 18.6. The summed E-state index contributed by atoms with van der Waals surface area (Å²) in [6.45, 7) is 1.88. The van der Waals surface area contributed by atoms with E-state index in [9.17, 15) is 9.59 Å². The van der Waals surface area contributed by atoms with Crippen molar-refractivity contribution in [2.45, 2.75) is 25.8 Å². The molecule has 4 rings (SSSR count). The molecule has 27 heavy (non-hydrogen) atoms. The number of rotatable bonds is 7. The molecular formula is C22H23N3O2. The van der Waals surface area contributed by atoms with Crippen molar-refractivity contribution in [2.24, 2.45) is 0 Å². The quantitative estimate of drug-likeness (QED) is 0.678. The molecule has 0 saturated heterocycles. The number of fused-ring (bicyclic) bond motifs is 2. The van der Waals surface area contributed by atoms with Crippen LogP contribution in [0.15, 0.2) is 54.7 Å². The van der Waals surface area contributed by atoms with Gasteiger partial charge in [-0.25, -0.2) is 0 Å². The van der Waals surface area contributed by atoms with Gasteiger partial charge in [-0.2, -0.15) is 0 Å². The summed E-state index contributed by atoms with van der Waals surface area (Å²) >= 11 is 0. The van der Waals surface area contributed by atoms with Gasteiger partial charge in [0.15, 0.2) is 0 Å². The van der Waals surface area contributed by atoms with E-state index in [2.05, 4.69) is 22.4 Å². The molecule has 2 amide bonds. The fraction of sp³-hybridized carbons (Fsp3) is 0.273. The number of benzene rings is 2. The Morgan fingerprint density at radius 2 is 1.93 bits per heavy atom. The van der Waals surface area contributed by atoms with Crippen LogP contribution >= 0.6 is 0 Å². The van der Waals surface area contributed by atoms with Crippen molar-refractivity contribution in [2.75, 3.05) is 13.1 Å². The Balaban J connectivity index is 1.19. The average molecular weight is 361 g/mol. The minimum atomic E-state index is 0.0407. The number of carbonyl (C=O) groups is 2. The molecular weight excluding hydrogens is 338 g/mol. The maximum atomic E-state index is 12.3. The van der Waals surface area contributed by atoms with E-state index >= 15 is 0 Å². The highest BCUT2D eigenvalue weighted by atomic mass is 16.2. The number of H-pyrrole nitrogens is 1. The fourth-order valence-corrected chi connectivity index (χ4v) is 3.69. The molecule has 138 valence electrons. The van der Waals surface area contributed by atoms with Gasteiger partial charge in [0.1, 0.15) is 0 Å². The Hall–Kier alpha value is -3.08. The molecule has 0 bridgehead atoms. The molecule has 2 aromatic carbocycles. The maximum absolute atomic E-state index is 12.3. The summed E-state index contributed by atoms with van der Waals surface area (Å²) in [5.74, 6) is 0.115. The Kier molecular flexibility index (Phi) is 4.92. The molecule has 0 saturated carbocycles. The van der Waals surface area contributed by atoms with Crippen LogP contribution in [0.3, 0.4) is 0 Å². The molecule has 1 aromatic heterocycles. The van der Waals surface area contributed by atoms with Crippen LogP contribution in [0, 0.1) is 0 Å². The first-order chi connectivity index (χ1) is 13.2. The third-order valence-corrected chi connectivity index (χ3v) is 5.12. The second kappa shape index (κ2) is 7.66. The van der Waals surface area contributed by atoms with E-state index in [-0.39, 0.29) is 11.8 Å². The van der Waals surface area contributed by atoms with E-state index in [1.54, 1.807) is 0 Å². The van der Waals surface area contributed by atoms with Crippen molar-refractivity contribution in [3.63, 3.8) is 0 Å². The lowest BCUT2D eigenvalue weighted by atomic mass is 10.1. The number of nitrogens with one attached hydrogen (secondary N) is 2. The van der Waals surface area contributed by atoms with Gasteiger partial charge < -0.3 is 15.2 Å². The average Bonchev–Trinajstić information content (AvgIpc) is 3.24. The fourth-order valence-electron chi connectivity index (χ4n) is 3.69. The van der Waals surface area contributed by atoms with Crippen LogP contribution in [-0.4, -0.2) is 34.8 Å². The Labute approximate surface area is 158 Å². The number of para-hydroxylation sites is 1. The number of hydrogen-bond donors (Lipinski definition) is 2. The molecule has 2 N–H and O–H groups in total. The number of aromatic nitrogens is 1. The zero-order valence-corrected chi connectivity index (χ0v) is 15.2. The summed E-state index contributed by atoms with van der Waals surface area (Å²) in [7, 11) is 0. The van der Waals surface area contributed by atoms with Gasteiger partial charge in [0.2, 0.25) is 5.91 Å². The maximum Gasteiger partial charge on any atom is 0.254 e. The highest BCUT2D eigenvalue weighted by molar-refractivity contribution is 5.98. The molecule has 0 radical (unpaired) electrons. The van der Waals surface area contributed by atoms with Crippen LogP contribution in [0.25, 0.3) is 10.9 Å². The minimum absolute atomic E-state index is 0.0407. The van der Waals surface area contributed by atoms with Crippen LogP contribution in [-0.2, 0) is 17.8 Å². The van der Waals surface area contributed by atoms with Gasteiger partial charge in [-0.05, 0) is 36.1 Å². The number of nitrogens with zero attached hydrogens (tertiary/aromatic N) is 1. The predicted molar refractivity (Wildman–Crippen MR) is 105 cm³/mol. The summed E-state index contributed by atoms with van der Waals surface area (Å²) in [5, 5.41) is 4.19. The Morgan fingerprint density at radius 3 is 2.81 bits per heavy atom. The molecule has 0 unspecified atom stereocenters. The van der Waals surface area contributed by atoms with Gasteiger partial charge in [-0.3, -0.25) is 9.59 Å². The van der Waals surface area contributed by atoms with Crippen LogP contribution in [0.5, 0.6) is 0 Å². The molecule has 0 fully saturated rings. The first kappa shape index (κ1) is 17.3. The monoisotopic (exact) mass is 361 g/mol. The molecule has 0 aliphatic carbocycles. The van der Waals surface area contributed by atoms with E-state index in [1.165, 1.54) is 10.9 Å². The van der Waals surface area contributed by atoms with Gasteiger partial charge in [0.05, 0.1) is 0 Å². The van der Waals surface area contributed by atoms with Gasteiger partial charge in [0.25, 0.3) is 5.91 Å². The number of amides is 2. The SMILES string of the molecule is O=C(CCCN1Cc2ccccc2C1=O)NCCc1c[nH]c2ccccc12. The van der Waals surface area contributed by atoms with Crippen molar-refractivity contribution >= 4 is 22.7 Å².